The van der Waals surface area contributed by atoms with Crippen molar-refractivity contribution in [3.8, 4) is 0 Å². The van der Waals surface area contributed by atoms with Gasteiger partial charge in [0.05, 0.1) is 6.61 Å². The molecule has 2 atom stereocenters. The minimum absolute atomic E-state index is 0.131. The predicted molar refractivity (Wildman–Crippen MR) is 113 cm³/mol. The number of carbonyl (C=O) groups excluding carboxylic acids is 2. The van der Waals surface area contributed by atoms with Crippen molar-refractivity contribution in [3.63, 3.8) is 0 Å². The number of hydrogen-bond acceptors (Lipinski definition) is 4. The quantitative estimate of drug-likeness (QED) is 0.663. The Morgan fingerprint density at radius 3 is 2.39 bits per heavy atom. The average Bonchev–Trinajstić information content (AvgIpc) is 3.17. The van der Waals surface area contributed by atoms with E-state index >= 15 is 0 Å². The van der Waals surface area contributed by atoms with Crippen LogP contribution in [0.25, 0.3) is 0 Å². The molecule has 1 saturated heterocycles. The van der Waals surface area contributed by atoms with Crippen molar-refractivity contribution in [2.24, 2.45) is 5.92 Å². The van der Waals surface area contributed by atoms with Gasteiger partial charge in [0.25, 0.3) is 5.91 Å². The molecule has 4 nitrogen and oxygen atoms in total. The van der Waals surface area contributed by atoms with Gasteiger partial charge in [0, 0.05) is 11.3 Å². The molecule has 0 unspecified atom stereocenters. The van der Waals surface area contributed by atoms with Gasteiger partial charge in [-0.25, -0.2) is 4.79 Å². The van der Waals surface area contributed by atoms with Gasteiger partial charge < -0.3 is 9.64 Å². The average molecular weight is 398 g/mol. The summed E-state index contributed by atoms with van der Waals surface area (Å²) in [6.07, 6.45) is 0.921. The zero-order valence-corrected chi connectivity index (χ0v) is 17.4. The molecular weight excluding hydrogens is 370 g/mol. The van der Waals surface area contributed by atoms with Crippen LogP contribution in [0.3, 0.4) is 0 Å². The van der Waals surface area contributed by atoms with E-state index in [1.807, 2.05) is 68.4 Å². The van der Waals surface area contributed by atoms with E-state index in [0.717, 1.165) is 12.0 Å². The second-order valence-electron chi connectivity index (χ2n) is 7.40. The molecule has 28 heavy (non-hydrogen) atoms. The number of thioether (sulfide) groups is 1. The molecule has 1 amide bonds. The van der Waals surface area contributed by atoms with E-state index in [4.69, 9.17) is 4.74 Å². The van der Waals surface area contributed by atoms with Crippen LogP contribution in [0.4, 0.5) is 0 Å². The molecule has 148 valence electrons. The zero-order chi connectivity index (χ0) is 20.1. The third kappa shape index (κ3) is 4.58. The molecule has 1 aliphatic rings. The number of amides is 1. The van der Waals surface area contributed by atoms with Crippen molar-refractivity contribution in [2.45, 2.75) is 38.6 Å². The van der Waals surface area contributed by atoms with Crippen LogP contribution in [0.2, 0.25) is 0 Å². The molecule has 0 saturated carbocycles. The van der Waals surface area contributed by atoms with Crippen LogP contribution in [0, 0.1) is 5.92 Å². The SMILES string of the molecule is CCc1ccc(C(=O)N2[C@@H](c3ccccc3)SC[C@H]2C(=O)OCC(C)C)cc1. The van der Waals surface area contributed by atoms with Crippen LogP contribution >= 0.6 is 11.8 Å². The lowest BCUT2D eigenvalue weighted by atomic mass is 10.1. The Labute approximate surface area is 171 Å². The van der Waals surface area contributed by atoms with Gasteiger partial charge in [-0.15, -0.1) is 11.8 Å². The first-order valence-electron chi connectivity index (χ1n) is 9.76. The molecule has 1 aliphatic heterocycles. The van der Waals surface area contributed by atoms with Crippen molar-refractivity contribution < 1.29 is 14.3 Å². The lowest BCUT2D eigenvalue weighted by Crippen LogP contribution is -2.44. The van der Waals surface area contributed by atoms with Crippen LogP contribution < -0.4 is 0 Å². The predicted octanol–water partition coefficient (Wildman–Crippen LogP) is 4.70. The molecule has 0 bridgehead atoms. The van der Waals surface area contributed by atoms with E-state index in [2.05, 4.69) is 6.92 Å². The Bertz CT molecular complexity index is 804. The van der Waals surface area contributed by atoms with Gasteiger partial charge in [0.1, 0.15) is 11.4 Å². The van der Waals surface area contributed by atoms with Gasteiger partial charge >= 0.3 is 5.97 Å². The van der Waals surface area contributed by atoms with E-state index < -0.39 is 6.04 Å². The van der Waals surface area contributed by atoms with Crippen LogP contribution in [-0.2, 0) is 16.0 Å². The van der Waals surface area contributed by atoms with E-state index in [9.17, 15) is 9.59 Å². The van der Waals surface area contributed by atoms with Gasteiger partial charge in [0.15, 0.2) is 0 Å². The van der Waals surface area contributed by atoms with Gasteiger partial charge in [-0.2, -0.15) is 0 Å². The van der Waals surface area contributed by atoms with Gasteiger partial charge in [-0.3, -0.25) is 4.79 Å². The molecule has 2 aromatic rings. The van der Waals surface area contributed by atoms with E-state index in [0.29, 0.717) is 17.9 Å². The Hall–Kier alpha value is -2.27. The molecule has 0 spiro atoms. The third-order valence-corrected chi connectivity index (χ3v) is 6.08. The maximum absolute atomic E-state index is 13.4. The van der Waals surface area contributed by atoms with Crippen molar-refractivity contribution in [3.05, 3.63) is 71.3 Å². The first kappa shape index (κ1) is 20.5. The monoisotopic (exact) mass is 397 g/mol. The second-order valence-corrected chi connectivity index (χ2v) is 8.51. The summed E-state index contributed by atoms with van der Waals surface area (Å²) in [5.74, 6) is 0.342. The summed E-state index contributed by atoms with van der Waals surface area (Å²) < 4.78 is 5.48. The first-order chi connectivity index (χ1) is 13.5. The highest BCUT2D eigenvalue weighted by atomic mass is 32.2. The number of ether oxygens (including phenoxy) is 1. The van der Waals surface area contributed by atoms with E-state index in [-0.39, 0.29) is 23.2 Å². The summed E-state index contributed by atoms with van der Waals surface area (Å²) >= 11 is 1.61. The van der Waals surface area contributed by atoms with Crippen molar-refractivity contribution in [1.29, 1.82) is 0 Å². The molecule has 0 radical (unpaired) electrons. The Kier molecular flexibility index (Phi) is 6.79. The van der Waals surface area contributed by atoms with Crippen molar-refractivity contribution >= 4 is 23.6 Å². The maximum Gasteiger partial charge on any atom is 0.329 e. The van der Waals surface area contributed by atoms with Crippen molar-refractivity contribution in [2.75, 3.05) is 12.4 Å². The molecule has 1 heterocycles. The highest BCUT2D eigenvalue weighted by molar-refractivity contribution is 7.99. The third-order valence-electron chi connectivity index (χ3n) is 4.76. The standard InChI is InChI=1S/C23H27NO3S/c1-4-17-10-12-18(13-11-17)21(25)24-20(23(26)27-14-16(2)3)15-28-22(24)19-8-6-5-7-9-19/h5-13,16,20,22H,4,14-15H2,1-3H3/t20-,22+/m0/s1. The Morgan fingerprint density at radius 2 is 1.79 bits per heavy atom. The normalized spacial score (nSPS) is 19.1. The number of carbonyl (C=O) groups is 2. The highest BCUT2D eigenvalue weighted by Gasteiger charge is 2.43. The largest absolute Gasteiger partial charge is 0.464 e. The number of rotatable bonds is 6. The van der Waals surface area contributed by atoms with E-state index in [1.54, 1.807) is 16.7 Å². The smallest absolute Gasteiger partial charge is 0.329 e. The number of esters is 1. The molecule has 0 aliphatic carbocycles. The summed E-state index contributed by atoms with van der Waals surface area (Å²) in [4.78, 5) is 27.8. The summed E-state index contributed by atoms with van der Waals surface area (Å²) in [7, 11) is 0. The molecule has 0 aromatic heterocycles. The summed E-state index contributed by atoms with van der Waals surface area (Å²) in [5, 5.41) is -0.198. The summed E-state index contributed by atoms with van der Waals surface area (Å²) in [5.41, 5.74) is 2.80. The fraction of sp³-hybridized carbons (Fsp3) is 0.391. The number of benzene rings is 2. The second kappa shape index (κ2) is 9.28. The molecule has 2 aromatic carbocycles. The summed E-state index contributed by atoms with van der Waals surface area (Å²) in [6, 6.07) is 16.9. The minimum atomic E-state index is -0.577. The van der Waals surface area contributed by atoms with Gasteiger partial charge in [-0.05, 0) is 35.6 Å². The number of nitrogens with zero attached hydrogens (tertiary/aromatic N) is 1. The fourth-order valence-corrected chi connectivity index (χ4v) is 4.60. The van der Waals surface area contributed by atoms with E-state index in [1.165, 1.54) is 5.56 Å². The van der Waals surface area contributed by atoms with Crippen LogP contribution in [0.1, 0.15) is 47.6 Å². The van der Waals surface area contributed by atoms with Crippen LogP contribution in [0.15, 0.2) is 54.6 Å². The van der Waals surface area contributed by atoms with Gasteiger partial charge in [0.2, 0.25) is 0 Å². The number of hydrogen-bond donors (Lipinski definition) is 0. The molecule has 1 fully saturated rings. The van der Waals surface area contributed by atoms with Crippen LogP contribution in [-0.4, -0.2) is 35.2 Å². The Balaban J connectivity index is 1.89. The Morgan fingerprint density at radius 1 is 1.11 bits per heavy atom. The summed E-state index contributed by atoms with van der Waals surface area (Å²) in [6.45, 7) is 6.45. The topological polar surface area (TPSA) is 46.6 Å². The molecular formula is C23H27NO3S. The first-order valence-corrected chi connectivity index (χ1v) is 10.8. The maximum atomic E-state index is 13.4. The molecule has 0 N–H and O–H groups in total. The minimum Gasteiger partial charge on any atom is -0.464 e. The lowest BCUT2D eigenvalue weighted by Gasteiger charge is -2.29. The van der Waals surface area contributed by atoms with Crippen LogP contribution in [0.5, 0.6) is 0 Å². The zero-order valence-electron chi connectivity index (χ0n) is 16.6. The molecule has 5 heteroatoms. The van der Waals surface area contributed by atoms with Gasteiger partial charge in [-0.1, -0.05) is 63.2 Å². The highest BCUT2D eigenvalue weighted by Crippen LogP contribution is 2.42. The lowest BCUT2D eigenvalue weighted by molar-refractivity contribution is -0.149. The molecule has 3 rings (SSSR count). The number of aryl methyl sites for hydroxylation is 1. The fourth-order valence-electron chi connectivity index (χ4n) is 3.19. The van der Waals surface area contributed by atoms with Crippen molar-refractivity contribution in [1.82, 2.24) is 4.90 Å².